The van der Waals surface area contributed by atoms with Crippen LogP contribution in [0.4, 0.5) is 0 Å². The molecular formula is C15H21NO. The van der Waals surface area contributed by atoms with Crippen molar-refractivity contribution < 1.29 is 5.11 Å². The lowest BCUT2D eigenvalue weighted by molar-refractivity contribution is 0.315. The Bertz CT molecular complexity index is 421. The molecule has 2 heteroatoms. The van der Waals surface area contributed by atoms with E-state index in [1.54, 1.807) is 6.07 Å². The molecular weight excluding hydrogens is 210 g/mol. The number of phenolic OH excluding ortho intramolecular Hbond substituents is 1. The quantitative estimate of drug-likeness (QED) is 0.818. The smallest absolute Gasteiger partial charge is 0.119 e. The fourth-order valence-electron chi connectivity index (χ4n) is 3.51. The Balaban J connectivity index is 1.82. The zero-order valence-corrected chi connectivity index (χ0v) is 10.5. The van der Waals surface area contributed by atoms with E-state index in [0.29, 0.717) is 17.3 Å². The summed E-state index contributed by atoms with van der Waals surface area (Å²) < 4.78 is 0. The first-order valence-electron chi connectivity index (χ1n) is 6.76. The molecule has 17 heavy (non-hydrogen) atoms. The zero-order chi connectivity index (χ0) is 11.9. The number of nitrogens with one attached hydrogen (secondary N) is 1. The van der Waals surface area contributed by atoms with E-state index in [-0.39, 0.29) is 0 Å². The van der Waals surface area contributed by atoms with E-state index in [1.165, 1.54) is 31.2 Å². The molecule has 1 atom stereocenters. The van der Waals surface area contributed by atoms with Crippen molar-refractivity contribution in [2.75, 3.05) is 0 Å². The van der Waals surface area contributed by atoms with Gasteiger partial charge in [0, 0.05) is 11.6 Å². The largest absolute Gasteiger partial charge is 0.508 e. The first-order valence-corrected chi connectivity index (χ1v) is 6.76. The van der Waals surface area contributed by atoms with Crippen LogP contribution in [0.25, 0.3) is 0 Å². The van der Waals surface area contributed by atoms with Crippen molar-refractivity contribution in [1.82, 2.24) is 5.32 Å². The van der Waals surface area contributed by atoms with E-state index < -0.39 is 0 Å². The van der Waals surface area contributed by atoms with Gasteiger partial charge in [0.25, 0.3) is 0 Å². The molecule has 0 aromatic heterocycles. The molecule has 0 heterocycles. The normalized spacial score (nSPS) is 26.1. The predicted octanol–water partition coefficient (Wildman–Crippen LogP) is 3.30. The highest BCUT2D eigenvalue weighted by Crippen LogP contribution is 2.39. The molecule has 1 saturated carbocycles. The van der Waals surface area contributed by atoms with E-state index in [4.69, 9.17) is 0 Å². The van der Waals surface area contributed by atoms with E-state index >= 15 is 0 Å². The first-order chi connectivity index (χ1) is 8.18. The van der Waals surface area contributed by atoms with Gasteiger partial charge in [-0.1, -0.05) is 25.0 Å². The monoisotopic (exact) mass is 231 g/mol. The second kappa shape index (κ2) is 4.02. The maximum absolute atomic E-state index is 9.85. The zero-order valence-electron chi connectivity index (χ0n) is 10.5. The third-order valence-electron chi connectivity index (χ3n) is 4.48. The maximum atomic E-state index is 9.85. The van der Waals surface area contributed by atoms with E-state index in [2.05, 4.69) is 18.3 Å². The minimum Gasteiger partial charge on any atom is -0.508 e. The molecule has 2 nitrogen and oxygen atoms in total. The van der Waals surface area contributed by atoms with Crippen molar-refractivity contribution in [3.05, 3.63) is 29.3 Å². The molecule has 1 unspecified atom stereocenters. The van der Waals surface area contributed by atoms with Crippen LogP contribution >= 0.6 is 0 Å². The minimum atomic E-state index is 0.317. The molecule has 0 aliphatic heterocycles. The van der Waals surface area contributed by atoms with Crippen molar-refractivity contribution in [2.24, 2.45) is 0 Å². The molecule has 2 N–H and O–H groups in total. The van der Waals surface area contributed by atoms with E-state index in [9.17, 15) is 5.11 Å². The van der Waals surface area contributed by atoms with Crippen LogP contribution in [-0.4, -0.2) is 10.6 Å². The summed E-state index contributed by atoms with van der Waals surface area (Å²) >= 11 is 0. The summed E-state index contributed by atoms with van der Waals surface area (Å²) in [7, 11) is 0. The molecule has 92 valence electrons. The van der Waals surface area contributed by atoms with Gasteiger partial charge in [-0.2, -0.15) is 0 Å². The van der Waals surface area contributed by atoms with Crippen molar-refractivity contribution in [1.29, 1.82) is 0 Å². The highest BCUT2D eigenvalue weighted by Gasteiger charge is 2.34. The molecule has 0 spiro atoms. The van der Waals surface area contributed by atoms with Gasteiger partial charge in [-0.15, -0.1) is 0 Å². The van der Waals surface area contributed by atoms with E-state index in [1.807, 2.05) is 6.07 Å². The van der Waals surface area contributed by atoms with Gasteiger partial charge in [0.2, 0.25) is 0 Å². The molecule has 0 radical (unpaired) electrons. The van der Waals surface area contributed by atoms with Crippen LogP contribution in [0.1, 0.15) is 56.2 Å². The second-order valence-electron chi connectivity index (χ2n) is 5.85. The molecule has 0 bridgehead atoms. The van der Waals surface area contributed by atoms with Gasteiger partial charge in [-0.25, -0.2) is 0 Å². The third-order valence-corrected chi connectivity index (χ3v) is 4.48. The molecule has 0 saturated heterocycles. The molecule has 1 aromatic carbocycles. The summed E-state index contributed by atoms with van der Waals surface area (Å²) in [5.41, 5.74) is 2.79. The Kier molecular flexibility index (Phi) is 2.62. The van der Waals surface area contributed by atoms with Gasteiger partial charge in [-0.05, 0) is 49.8 Å². The molecule has 2 aliphatic carbocycles. The molecule has 3 rings (SSSR count). The molecule has 0 amide bonds. The van der Waals surface area contributed by atoms with Crippen LogP contribution in [0.2, 0.25) is 0 Å². The average molecular weight is 231 g/mol. The van der Waals surface area contributed by atoms with E-state index in [0.717, 1.165) is 18.4 Å². The Hall–Kier alpha value is -1.02. The number of phenols is 1. The van der Waals surface area contributed by atoms with Crippen molar-refractivity contribution >= 4 is 0 Å². The van der Waals surface area contributed by atoms with Gasteiger partial charge in [0.1, 0.15) is 5.75 Å². The summed E-state index contributed by atoms with van der Waals surface area (Å²) in [6.07, 6.45) is 7.42. The summed E-state index contributed by atoms with van der Waals surface area (Å²) in [6, 6.07) is 6.38. The highest BCUT2D eigenvalue weighted by atomic mass is 16.3. The maximum Gasteiger partial charge on any atom is 0.119 e. The van der Waals surface area contributed by atoms with Gasteiger partial charge in [-0.3, -0.25) is 0 Å². The fraction of sp³-hybridized carbons (Fsp3) is 0.600. The van der Waals surface area contributed by atoms with Crippen LogP contribution in [-0.2, 0) is 6.42 Å². The Labute approximate surface area is 103 Å². The van der Waals surface area contributed by atoms with Gasteiger partial charge in [0.15, 0.2) is 0 Å². The summed E-state index contributed by atoms with van der Waals surface area (Å²) in [5.74, 6) is 0.475. The number of aromatic hydroxyl groups is 1. The van der Waals surface area contributed by atoms with Gasteiger partial charge in [0.05, 0.1) is 0 Å². The summed E-state index contributed by atoms with van der Waals surface area (Å²) in [5, 5.41) is 13.7. The fourth-order valence-corrected chi connectivity index (χ4v) is 3.51. The number of hydrogen-bond acceptors (Lipinski definition) is 2. The van der Waals surface area contributed by atoms with Crippen LogP contribution in [0.15, 0.2) is 18.2 Å². The highest BCUT2D eigenvalue weighted by molar-refractivity contribution is 5.44. The van der Waals surface area contributed by atoms with Crippen molar-refractivity contribution in [2.45, 2.75) is 57.0 Å². The minimum absolute atomic E-state index is 0.317. The van der Waals surface area contributed by atoms with Crippen LogP contribution < -0.4 is 5.32 Å². The predicted molar refractivity (Wildman–Crippen MR) is 69.2 cm³/mol. The summed E-state index contributed by atoms with van der Waals surface area (Å²) in [4.78, 5) is 0. The third kappa shape index (κ3) is 1.95. The van der Waals surface area contributed by atoms with Crippen molar-refractivity contribution in [3.8, 4) is 5.75 Å². The topological polar surface area (TPSA) is 32.3 Å². The second-order valence-corrected chi connectivity index (χ2v) is 5.85. The van der Waals surface area contributed by atoms with Crippen LogP contribution in [0.5, 0.6) is 5.75 Å². The first kappa shape index (κ1) is 11.1. The Morgan fingerprint density at radius 3 is 2.82 bits per heavy atom. The lowest BCUT2D eigenvalue weighted by atomic mass is 9.97. The Morgan fingerprint density at radius 1 is 1.29 bits per heavy atom. The standard InChI is InChI=1S/C15H21NO/c1-15(9-2-3-10-15)16-13-8-7-12-11(13)5-4-6-14(12)17/h4-6,13,16-17H,2-3,7-10H2,1H3. The number of benzene rings is 1. The molecule has 1 fully saturated rings. The average Bonchev–Trinajstić information content (AvgIpc) is 2.88. The number of hydrogen-bond donors (Lipinski definition) is 2. The lowest BCUT2D eigenvalue weighted by Gasteiger charge is -2.30. The van der Waals surface area contributed by atoms with Crippen LogP contribution in [0.3, 0.4) is 0 Å². The molecule has 1 aromatic rings. The van der Waals surface area contributed by atoms with Gasteiger partial charge >= 0.3 is 0 Å². The summed E-state index contributed by atoms with van der Waals surface area (Å²) in [6.45, 7) is 2.35. The number of rotatable bonds is 2. The lowest BCUT2D eigenvalue weighted by Crippen LogP contribution is -2.41. The SMILES string of the molecule is CC1(NC2CCc3c(O)cccc32)CCCC1. The van der Waals surface area contributed by atoms with Crippen LogP contribution in [0, 0.1) is 0 Å². The Morgan fingerprint density at radius 2 is 2.06 bits per heavy atom. The molecule has 2 aliphatic rings. The van der Waals surface area contributed by atoms with Gasteiger partial charge < -0.3 is 10.4 Å². The number of fused-ring (bicyclic) bond motifs is 1. The van der Waals surface area contributed by atoms with Crippen molar-refractivity contribution in [3.63, 3.8) is 0 Å².